The molecule has 0 bridgehead atoms. The number of rotatable bonds is 7. The quantitative estimate of drug-likeness (QED) is 0.742. The van der Waals surface area contributed by atoms with Crippen molar-refractivity contribution >= 4 is 0 Å². The van der Waals surface area contributed by atoms with Crippen molar-refractivity contribution < 1.29 is 4.74 Å². The average Bonchev–Trinajstić information content (AvgIpc) is 2.83. The van der Waals surface area contributed by atoms with E-state index < -0.39 is 0 Å². The Kier molecular flexibility index (Phi) is 4.87. The number of imidazole rings is 1. The summed E-state index contributed by atoms with van der Waals surface area (Å²) in [6, 6.07) is 5.93. The largest absolute Gasteiger partial charge is 0.383 e. The van der Waals surface area contributed by atoms with E-state index in [1.165, 1.54) is 0 Å². The minimum Gasteiger partial charge on any atom is -0.383 e. The van der Waals surface area contributed by atoms with Gasteiger partial charge in [-0.2, -0.15) is 0 Å². The first-order valence-corrected chi connectivity index (χ1v) is 5.99. The summed E-state index contributed by atoms with van der Waals surface area (Å²) < 4.78 is 7.09. The van der Waals surface area contributed by atoms with Crippen LogP contribution < -0.4 is 5.32 Å². The van der Waals surface area contributed by atoms with Gasteiger partial charge >= 0.3 is 0 Å². The topological polar surface area (TPSA) is 52.0 Å². The van der Waals surface area contributed by atoms with Crippen molar-refractivity contribution in [3.05, 3.63) is 48.3 Å². The van der Waals surface area contributed by atoms with Gasteiger partial charge in [-0.05, 0) is 12.1 Å². The van der Waals surface area contributed by atoms with Crippen molar-refractivity contribution in [3.8, 4) is 0 Å². The standard InChI is InChI=1S/C13H18N4O/c1-18-9-7-14-10-13-16-6-8-17(13)11-12-4-2-3-5-15-12/h2-6,8,14H,7,9-11H2,1H3. The van der Waals surface area contributed by atoms with Gasteiger partial charge in [0.1, 0.15) is 5.82 Å². The molecule has 0 aliphatic carbocycles. The summed E-state index contributed by atoms with van der Waals surface area (Å²) in [5, 5.41) is 3.29. The number of ether oxygens (including phenoxy) is 1. The molecule has 0 aromatic carbocycles. The highest BCUT2D eigenvalue weighted by atomic mass is 16.5. The zero-order chi connectivity index (χ0) is 12.6. The van der Waals surface area contributed by atoms with Gasteiger partial charge in [-0.25, -0.2) is 4.98 Å². The lowest BCUT2D eigenvalue weighted by molar-refractivity contribution is 0.199. The lowest BCUT2D eigenvalue weighted by Gasteiger charge is -2.08. The third kappa shape index (κ3) is 3.65. The second kappa shape index (κ2) is 6.88. The summed E-state index contributed by atoms with van der Waals surface area (Å²) >= 11 is 0. The van der Waals surface area contributed by atoms with Crippen LogP contribution in [0.1, 0.15) is 11.5 Å². The van der Waals surface area contributed by atoms with Gasteiger partial charge in [0.05, 0.1) is 25.4 Å². The molecule has 2 heterocycles. The summed E-state index contributed by atoms with van der Waals surface area (Å²) in [5.41, 5.74) is 1.04. The van der Waals surface area contributed by atoms with Crippen molar-refractivity contribution in [2.45, 2.75) is 13.1 Å². The van der Waals surface area contributed by atoms with Crippen LogP contribution in [0.25, 0.3) is 0 Å². The average molecular weight is 246 g/mol. The highest BCUT2D eigenvalue weighted by Crippen LogP contribution is 2.02. The molecule has 5 heteroatoms. The van der Waals surface area contributed by atoms with Gasteiger partial charge in [0.2, 0.25) is 0 Å². The number of nitrogens with zero attached hydrogens (tertiary/aromatic N) is 3. The predicted octanol–water partition coefficient (Wildman–Crippen LogP) is 1.06. The Bertz CT molecular complexity index is 455. The molecule has 0 unspecified atom stereocenters. The molecule has 0 spiro atoms. The maximum atomic E-state index is 4.99. The summed E-state index contributed by atoms with van der Waals surface area (Å²) in [5.74, 6) is 1.01. The summed E-state index contributed by atoms with van der Waals surface area (Å²) in [6.45, 7) is 3.03. The summed E-state index contributed by atoms with van der Waals surface area (Å²) in [7, 11) is 1.70. The van der Waals surface area contributed by atoms with Crippen molar-refractivity contribution in [1.82, 2.24) is 19.9 Å². The number of hydrogen-bond donors (Lipinski definition) is 1. The number of aromatic nitrogens is 3. The Morgan fingerprint density at radius 1 is 1.28 bits per heavy atom. The Hall–Kier alpha value is -1.72. The van der Waals surface area contributed by atoms with Crippen molar-refractivity contribution in [3.63, 3.8) is 0 Å². The van der Waals surface area contributed by atoms with E-state index in [-0.39, 0.29) is 0 Å². The third-order valence-electron chi connectivity index (χ3n) is 2.63. The minimum absolute atomic E-state index is 0.709. The van der Waals surface area contributed by atoms with Gasteiger partial charge in [-0.1, -0.05) is 6.07 Å². The summed E-state index contributed by atoms with van der Waals surface area (Å²) in [6.07, 6.45) is 5.60. The van der Waals surface area contributed by atoms with Gasteiger partial charge < -0.3 is 14.6 Å². The van der Waals surface area contributed by atoms with Crippen LogP contribution in [0.3, 0.4) is 0 Å². The molecule has 0 fully saturated rings. The van der Waals surface area contributed by atoms with E-state index in [1.807, 2.05) is 36.8 Å². The van der Waals surface area contributed by atoms with E-state index in [9.17, 15) is 0 Å². The van der Waals surface area contributed by atoms with Crippen molar-refractivity contribution in [2.75, 3.05) is 20.3 Å². The van der Waals surface area contributed by atoms with E-state index in [0.717, 1.165) is 31.2 Å². The first kappa shape index (κ1) is 12.7. The highest BCUT2D eigenvalue weighted by Gasteiger charge is 2.03. The molecular weight excluding hydrogens is 228 g/mol. The zero-order valence-corrected chi connectivity index (χ0v) is 10.5. The molecule has 0 aliphatic rings. The highest BCUT2D eigenvalue weighted by molar-refractivity contribution is 5.06. The first-order valence-electron chi connectivity index (χ1n) is 5.99. The summed E-state index contributed by atoms with van der Waals surface area (Å²) in [4.78, 5) is 8.66. The number of methoxy groups -OCH3 is 1. The second-order valence-electron chi connectivity index (χ2n) is 3.96. The monoisotopic (exact) mass is 246 g/mol. The van der Waals surface area contributed by atoms with Crippen LogP contribution >= 0.6 is 0 Å². The fourth-order valence-corrected chi connectivity index (χ4v) is 1.69. The Morgan fingerprint density at radius 3 is 3.00 bits per heavy atom. The van der Waals surface area contributed by atoms with Gasteiger partial charge in [-0.3, -0.25) is 4.98 Å². The van der Waals surface area contributed by atoms with E-state index in [4.69, 9.17) is 4.74 Å². The lowest BCUT2D eigenvalue weighted by atomic mass is 10.3. The smallest absolute Gasteiger partial charge is 0.123 e. The van der Waals surface area contributed by atoms with Crippen LogP contribution in [0.4, 0.5) is 0 Å². The lowest BCUT2D eigenvalue weighted by Crippen LogP contribution is -2.21. The molecule has 0 aliphatic heterocycles. The zero-order valence-electron chi connectivity index (χ0n) is 10.5. The molecule has 1 N–H and O–H groups in total. The molecule has 0 saturated carbocycles. The molecule has 2 aromatic heterocycles. The molecule has 2 rings (SSSR count). The molecule has 0 atom stereocenters. The maximum absolute atomic E-state index is 4.99. The van der Waals surface area contributed by atoms with Crippen LogP contribution in [0.2, 0.25) is 0 Å². The molecule has 2 aromatic rings. The Labute approximate surface area is 107 Å². The van der Waals surface area contributed by atoms with E-state index >= 15 is 0 Å². The maximum Gasteiger partial charge on any atom is 0.123 e. The van der Waals surface area contributed by atoms with Crippen LogP contribution in [0.5, 0.6) is 0 Å². The van der Waals surface area contributed by atoms with Crippen LogP contribution in [0.15, 0.2) is 36.8 Å². The van der Waals surface area contributed by atoms with Gasteiger partial charge in [-0.15, -0.1) is 0 Å². The van der Waals surface area contributed by atoms with E-state index in [1.54, 1.807) is 7.11 Å². The van der Waals surface area contributed by atoms with Crippen LogP contribution in [0, 0.1) is 0 Å². The van der Waals surface area contributed by atoms with E-state index in [0.29, 0.717) is 6.61 Å². The Balaban J connectivity index is 1.91. The van der Waals surface area contributed by atoms with E-state index in [2.05, 4.69) is 19.9 Å². The normalized spacial score (nSPS) is 10.7. The minimum atomic E-state index is 0.709. The Morgan fingerprint density at radius 2 is 2.22 bits per heavy atom. The molecule has 0 amide bonds. The number of hydrogen-bond acceptors (Lipinski definition) is 4. The molecule has 96 valence electrons. The van der Waals surface area contributed by atoms with Gasteiger partial charge in [0.25, 0.3) is 0 Å². The number of nitrogens with one attached hydrogen (secondary N) is 1. The first-order chi connectivity index (χ1) is 8.90. The SMILES string of the molecule is COCCNCc1nccn1Cc1ccccn1. The van der Waals surface area contributed by atoms with Gasteiger partial charge in [0.15, 0.2) is 0 Å². The van der Waals surface area contributed by atoms with Gasteiger partial charge in [0, 0.05) is 32.2 Å². The molecule has 5 nitrogen and oxygen atoms in total. The molecule has 0 radical (unpaired) electrons. The molecular formula is C13H18N4O. The second-order valence-corrected chi connectivity index (χ2v) is 3.96. The number of pyridine rings is 1. The predicted molar refractivity (Wildman–Crippen MR) is 69.1 cm³/mol. The molecule has 0 saturated heterocycles. The molecule has 18 heavy (non-hydrogen) atoms. The fourth-order valence-electron chi connectivity index (χ4n) is 1.69. The van der Waals surface area contributed by atoms with Crippen LogP contribution in [-0.2, 0) is 17.8 Å². The fraction of sp³-hybridized carbons (Fsp3) is 0.385. The van der Waals surface area contributed by atoms with Crippen molar-refractivity contribution in [2.24, 2.45) is 0 Å². The third-order valence-corrected chi connectivity index (χ3v) is 2.63. The van der Waals surface area contributed by atoms with Crippen LogP contribution in [-0.4, -0.2) is 34.8 Å². The van der Waals surface area contributed by atoms with Crippen molar-refractivity contribution in [1.29, 1.82) is 0 Å².